The summed E-state index contributed by atoms with van der Waals surface area (Å²) in [5.41, 5.74) is 2.01. The molecule has 3 rings (SSSR count). The molecule has 0 radical (unpaired) electrons. The summed E-state index contributed by atoms with van der Waals surface area (Å²) in [5.74, 6) is -0.371. The molecule has 2 amide bonds. The molecule has 2 aliphatic rings. The van der Waals surface area contributed by atoms with Crippen LogP contribution in [0.15, 0.2) is 65.8 Å². The van der Waals surface area contributed by atoms with E-state index in [-0.39, 0.29) is 17.2 Å². The Bertz CT molecular complexity index is 670. The first-order chi connectivity index (χ1) is 10.5. The predicted octanol–water partition coefficient (Wildman–Crippen LogP) is 3.05. The van der Waals surface area contributed by atoms with Gasteiger partial charge >= 0.3 is 0 Å². The van der Waals surface area contributed by atoms with Crippen molar-refractivity contribution < 1.29 is 9.59 Å². The zero-order chi connectivity index (χ0) is 15.7. The number of hydrogen-bond acceptors (Lipinski definition) is 2. The fourth-order valence-corrected chi connectivity index (χ4v) is 2.68. The predicted molar refractivity (Wildman–Crippen MR) is 86.0 cm³/mol. The van der Waals surface area contributed by atoms with Crippen LogP contribution in [0.1, 0.15) is 19.4 Å². The molecule has 112 valence electrons. The summed E-state index contributed by atoms with van der Waals surface area (Å²) >= 11 is 0. The Labute approximate surface area is 130 Å². The molecular weight excluding hydrogens is 274 g/mol. The van der Waals surface area contributed by atoms with E-state index in [9.17, 15) is 9.59 Å². The van der Waals surface area contributed by atoms with Gasteiger partial charge in [-0.3, -0.25) is 14.5 Å². The number of nitrogens with zero attached hydrogens (tertiary/aromatic N) is 1. The third-order valence-electron chi connectivity index (χ3n) is 4.07. The molecule has 0 saturated carbocycles. The molecule has 3 nitrogen and oxygen atoms in total. The molecule has 0 saturated heterocycles. The second kappa shape index (κ2) is 5.41. The van der Waals surface area contributed by atoms with Crippen LogP contribution in [0.4, 0.5) is 0 Å². The second-order valence-electron chi connectivity index (χ2n) is 6.31. The van der Waals surface area contributed by atoms with Crippen molar-refractivity contribution >= 4 is 11.8 Å². The third kappa shape index (κ3) is 2.67. The van der Waals surface area contributed by atoms with Gasteiger partial charge in [0.25, 0.3) is 11.8 Å². The number of amides is 2. The Morgan fingerprint density at radius 2 is 1.45 bits per heavy atom. The van der Waals surface area contributed by atoms with E-state index in [1.807, 2.05) is 56.3 Å². The number of imide groups is 1. The molecule has 0 N–H and O–H groups in total. The van der Waals surface area contributed by atoms with Crippen LogP contribution in [0.2, 0.25) is 0 Å². The molecule has 1 aromatic carbocycles. The fourth-order valence-electron chi connectivity index (χ4n) is 2.68. The van der Waals surface area contributed by atoms with Crippen LogP contribution in [-0.2, 0) is 16.0 Å². The number of hydrogen-bond donors (Lipinski definition) is 0. The first-order valence-corrected chi connectivity index (χ1v) is 7.51. The van der Waals surface area contributed by atoms with Crippen LogP contribution in [0.3, 0.4) is 0 Å². The molecule has 0 unspecified atom stereocenters. The highest BCUT2D eigenvalue weighted by atomic mass is 16.2. The summed E-state index contributed by atoms with van der Waals surface area (Å²) in [4.78, 5) is 26.3. The zero-order valence-corrected chi connectivity index (χ0v) is 12.9. The van der Waals surface area contributed by atoms with Crippen molar-refractivity contribution in [3.8, 4) is 0 Å². The van der Waals surface area contributed by atoms with Crippen molar-refractivity contribution in [2.45, 2.75) is 20.3 Å². The second-order valence-corrected chi connectivity index (χ2v) is 6.31. The highest BCUT2D eigenvalue weighted by molar-refractivity contribution is 6.22. The standard InChI is InChI=1S/C19H19NO2/c1-19(2)11-8-15-16(9-12-19)18(22)20(17(15)21)13-10-14-6-4-3-5-7-14/h3-9,11-12H,10,13H2,1-2H3. The van der Waals surface area contributed by atoms with Crippen molar-refractivity contribution in [3.63, 3.8) is 0 Å². The maximum Gasteiger partial charge on any atom is 0.261 e. The summed E-state index contributed by atoms with van der Waals surface area (Å²) < 4.78 is 0. The molecule has 3 heteroatoms. The zero-order valence-electron chi connectivity index (χ0n) is 12.9. The van der Waals surface area contributed by atoms with Gasteiger partial charge in [-0.2, -0.15) is 0 Å². The number of carbonyl (C=O) groups excluding carboxylic acids is 2. The van der Waals surface area contributed by atoms with E-state index in [1.54, 1.807) is 12.2 Å². The SMILES string of the molecule is CC1(C)C=CC2=C(C=C1)C(=O)N(CCc1ccccc1)C2=O. The lowest BCUT2D eigenvalue weighted by atomic mass is 9.93. The summed E-state index contributed by atoms with van der Waals surface area (Å²) in [7, 11) is 0. The molecule has 1 aliphatic carbocycles. The lowest BCUT2D eigenvalue weighted by molar-refractivity contribution is -0.137. The van der Waals surface area contributed by atoms with Crippen molar-refractivity contribution in [1.82, 2.24) is 4.90 Å². The normalized spacial score (nSPS) is 19.6. The van der Waals surface area contributed by atoms with Gasteiger partial charge in [0, 0.05) is 12.0 Å². The molecule has 0 atom stereocenters. The highest BCUT2D eigenvalue weighted by Gasteiger charge is 2.36. The minimum atomic E-state index is -0.186. The molecule has 1 aromatic rings. The molecule has 1 heterocycles. The minimum absolute atomic E-state index is 0.139. The molecule has 0 aromatic heterocycles. The van der Waals surface area contributed by atoms with Crippen molar-refractivity contribution in [2.75, 3.05) is 6.54 Å². The van der Waals surface area contributed by atoms with Gasteiger partial charge in [-0.1, -0.05) is 68.5 Å². The van der Waals surface area contributed by atoms with Gasteiger partial charge in [0.15, 0.2) is 0 Å². The van der Waals surface area contributed by atoms with Crippen LogP contribution in [-0.4, -0.2) is 23.3 Å². The third-order valence-corrected chi connectivity index (χ3v) is 4.07. The lowest BCUT2D eigenvalue weighted by Crippen LogP contribution is -2.33. The lowest BCUT2D eigenvalue weighted by Gasteiger charge is -2.16. The van der Waals surface area contributed by atoms with Crippen molar-refractivity contribution in [2.24, 2.45) is 5.41 Å². The van der Waals surface area contributed by atoms with Crippen molar-refractivity contribution in [1.29, 1.82) is 0 Å². The molecule has 0 fully saturated rings. The monoisotopic (exact) mass is 293 g/mol. The van der Waals surface area contributed by atoms with E-state index in [4.69, 9.17) is 0 Å². The summed E-state index contributed by atoms with van der Waals surface area (Å²) in [5, 5.41) is 0. The van der Waals surface area contributed by atoms with Gasteiger partial charge in [-0.05, 0) is 12.0 Å². The topological polar surface area (TPSA) is 37.4 Å². The average molecular weight is 293 g/mol. The van der Waals surface area contributed by atoms with Crippen LogP contribution < -0.4 is 0 Å². The number of allylic oxidation sites excluding steroid dienone is 2. The van der Waals surface area contributed by atoms with Gasteiger partial charge in [-0.25, -0.2) is 0 Å². The van der Waals surface area contributed by atoms with E-state index in [0.29, 0.717) is 24.1 Å². The Morgan fingerprint density at radius 1 is 0.909 bits per heavy atom. The van der Waals surface area contributed by atoms with E-state index in [2.05, 4.69) is 0 Å². The Hall–Kier alpha value is -2.42. The Morgan fingerprint density at radius 3 is 2.00 bits per heavy atom. The van der Waals surface area contributed by atoms with Gasteiger partial charge in [0.1, 0.15) is 0 Å². The Balaban J connectivity index is 1.78. The van der Waals surface area contributed by atoms with Gasteiger partial charge < -0.3 is 0 Å². The smallest absolute Gasteiger partial charge is 0.261 e. The van der Waals surface area contributed by atoms with E-state index in [1.165, 1.54) is 4.90 Å². The maximum atomic E-state index is 12.5. The molecule has 0 bridgehead atoms. The van der Waals surface area contributed by atoms with Crippen LogP contribution in [0, 0.1) is 5.41 Å². The van der Waals surface area contributed by atoms with E-state index >= 15 is 0 Å². The van der Waals surface area contributed by atoms with Gasteiger partial charge in [-0.15, -0.1) is 0 Å². The van der Waals surface area contributed by atoms with Crippen molar-refractivity contribution in [3.05, 3.63) is 71.3 Å². The number of carbonyl (C=O) groups is 2. The van der Waals surface area contributed by atoms with Crippen LogP contribution >= 0.6 is 0 Å². The largest absolute Gasteiger partial charge is 0.274 e. The van der Waals surface area contributed by atoms with E-state index in [0.717, 1.165) is 5.56 Å². The summed E-state index contributed by atoms with van der Waals surface area (Å²) in [6, 6.07) is 9.89. The van der Waals surface area contributed by atoms with Gasteiger partial charge in [0.05, 0.1) is 11.1 Å². The molecule has 1 aliphatic heterocycles. The molecule has 0 spiro atoms. The fraction of sp³-hybridized carbons (Fsp3) is 0.263. The average Bonchev–Trinajstić information content (AvgIpc) is 2.62. The molecule has 22 heavy (non-hydrogen) atoms. The summed E-state index contributed by atoms with van der Waals surface area (Å²) in [6.07, 6.45) is 8.20. The number of rotatable bonds is 3. The maximum absolute atomic E-state index is 12.5. The van der Waals surface area contributed by atoms with Crippen LogP contribution in [0.5, 0.6) is 0 Å². The highest BCUT2D eigenvalue weighted by Crippen LogP contribution is 2.30. The minimum Gasteiger partial charge on any atom is -0.274 e. The summed E-state index contributed by atoms with van der Waals surface area (Å²) in [6.45, 7) is 4.51. The van der Waals surface area contributed by atoms with E-state index < -0.39 is 0 Å². The van der Waals surface area contributed by atoms with Crippen LogP contribution in [0.25, 0.3) is 0 Å². The first-order valence-electron chi connectivity index (χ1n) is 7.51. The molecular formula is C19H19NO2. The Kier molecular flexibility index (Phi) is 3.57. The van der Waals surface area contributed by atoms with Gasteiger partial charge in [0.2, 0.25) is 0 Å². The quantitative estimate of drug-likeness (QED) is 0.803. The first kappa shape index (κ1) is 14.5. The number of benzene rings is 1.